The minimum absolute atomic E-state index is 0.115. The highest BCUT2D eigenvalue weighted by atomic mass is 19.4. The Bertz CT molecular complexity index is 387. The first-order valence-electron chi connectivity index (χ1n) is 4.05. The van der Waals surface area contributed by atoms with Crippen LogP contribution in [0.15, 0.2) is 18.2 Å². The Hall–Kier alpha value is -1.72. The van der Waals surface area contributed by atoms with Crippen molar-refractivity contribution >= 4 is 11.6 Å². The lowest BCUT2D eigenvalue weighted by Gasteiger charge is -2.09. The van der Waals surface area contributed by atoms with Crippen molar-refractivity contribution in [1.82, 2.24) is 5.32 Å². The normalized spacial score (nSPS) is 11.2. The van der Waals surface area contributed by atoms with Gasteiger partial charge in [-0.05, 0) is 24.6 Å². The van der Waals surface area contributed by atoms with Gasteiger partial charge >= 0.3 is 6.30 Å². The van der Waals surface area contributed by atoms with E-state index in [1.54, 1.807) is 6.92 Å². The molecule has 1 amide bonds. The van der Waals surface area contributed by atoms with Gasteiger partial charge in [0.15, 0.2) is 0 Å². The molecule has 0 saturated carbocycles. The van der Waals surface area contributed by atoms with Crippen molar-refractivity contribution in [2.75, 3.05) is 5.73 Å². The fourth-order valence-corrected chi connectivity index (χ4v) is 0.983. The topological polar surface area (TPSA) is 55.1 Å². The number of benzene rings is 1. The quantitative estimate of drug-likeness (QED) is 0.558. The van der Waals surface area contributed by atoms with Crippen molar-refractivity contribution in [3.8, 4) is 0 Å². The number of nitrogen functional groups attached to an aromatic ring is 1. The highest BCUT2D eigenvalue weighted by Crippen LogP contribution is 2.15. The first kappa shape index (κ1) is 11.4. The second kappa shape index (κ2) is 3.80. The molecule has 1 rings (SSSR count). The lowest BCUT2D eigenvalue weighted by Crippen LogP contribution is -2.37. The van der Waals surface area contributed by atoms with Crippen molar-refractivity contribution < 1.29 is 18.0 Å². The lowest BCUT2D eigenvalue weighted by atomic mass is 10.1. The van der Waals surface area contributed by atoms with E-state index in [0.717, 1.165) is 5.32 Å². The van der Waals surface area contributed by atoms with E-state index in [1.165, 1.54) is 18.2 Å². The van der Waals surface area contributed by atoms with Gasteiger partial charge in [0.25, 0.3) is 5.91 Å². The number of carbonyl (C=O) groups is 1. The van der Waals surface area contributed by atoms with Crippen LogP contribution in [0.5, 0.6) is 0 Å². The standard InChI is InChI=1S/C9H9F3N2O/c1-5-2-3-6(4-7(5)13)8(15)14-9(10,11)12/h2-4H,13H2,1H3,(H,14,15). The van der Waals surface area contributed by atoms with Gasteiger partial charge in [-0.3, -0.25) is 10.1 Å². The molecule has 0 aliphatic heterocycles. The maximum Gasteiger partial charge on any atom is 0.484 e. The third-order valence-electron chi connectivity index (χ3n) is 1.80. The second-order valence-electron chi connectivity index (χ2n) is 3.02. The number of alkyl halides is 3. The van der Waals surface area contributed by atoms with Gasteiger partial charge < -0.3 is 5.73 Å². The molecule has 0 fully saturated rings. The molecule has 3 N–H and O–H groups in total. The summed E-state index contributed by atoms with van der Waals surface area (Å²) in [5.74, 6) is -1.21. The molecule has 0 aliphatic carbocycles. The van der Waals surface area contributed by atoms with Crippen LogP contribution in [0.25, 0.3) is 0 Å². The molecular formula is C9H9F3N2O. The molecule has 0 unspecified atom stereocenters. The molecule has 0 heterocycles. The second-order valence-corrected chi connectivity index (χ2v) is 3.02. The molecule has 0 spiro atoms. The van der Waals surface area contributed by atoms with Crippen molar-refractivity contribution in [2.24, 2.45) is 0 Å². The number of hydrogen-bond acceptors (Lipinski definition) is 2. The number of rotatable bonds is 1. The number of hydrogen-bond donors (Lipinski definition) is 2. The number of nitrogens with one attached hydrogen (secondary N) is 1. The Morgan fingerprint density at radius 1 is 1.40 bits per heavy atom. The molecule has 0 bridgehead atoms. The third-order valence-corrected chi connectivity index (χ3v) is 1.80. The highest BCUT2D eigenvalue weighted by molar-refractivity contribution is 5.95. The van der Waals surface area contributed by atoms with E-state index in [0.29, 0.717) is 5.56 Å². The van der Waals surface area contributed by atoms with Crippen molar-refractivity contribution in [3.05, 3.63) is 29.3 Å². The molecule has 0 radical (unpaired) electrons. The van der Waals surface area contributed by atoms with Gasteiger partial charge in [-0.15, -0.1) is 0 Å². The molecule has 0 saturated heterocycles. The van der Waals surface area contributed by atoms with Gasteiger partial charge in [-0.25, -0.2) is 0 Å². The Morgan fingerprint density at radius 2 is 2.00 bits per heavy atom. The SMILES string of the molecule is Cc1ccc(C(=O)NC(F)(F)F)cc1N. The summed E-state index contributed by atoms with van der Waals surface area (Å²) in [6.07, 6.45) is -4.73. The monoisotopic (exact) mass is 218 g/mol. The number of aryl methyl sites for hydroxylation is 1. The average molecular weight is 218 g/mol. The van der Waals surface area contributed by atoms with Crippen molar-refractivity contribution in [3.63, 3.8) is 0 Å². The average Bonchev–Trinajstić information content (AvgIpc) is 2.06. The van der Waals surface area contributed by atoms with Crippen LogP contribution < -0.4 is 11.1 Å². The van der Waals surface area contributed by atoms with Crippen molar-refractivity contribution in [1.29, 1.82) is 0 Å². The fourth-order valence-electron chi connectivity index (χ4n) is 0.983. The maximum atomic E-state index is 11.8. The molecule has 82 valence electrons. The largest absolute Gasteiger partial charge is 0.484 e. The van der Waals surface area contributed by atoms with Gasteiger partial charge in [0.05, 0.1) is 0 Å². The van der Waals surface area contributed by atoms with E-state index in [4.69, 9.17) is 5.73 Å². The number of amides is 1. The predicted molar refractivity (Wildman–Crippen MR) is 49.1 cm³/mol. The first-order chi connectivity index (χ1) is 6.79. The lowest BCUT2D eigenvalue weighted by molar-refractivity contribution is -0.146. The van der Waals surface area contributed by atoms with E-state index in [2.05, 4.69) is 0 Å². The number of carbonyl (C=O) groups excluding carboxylic acids is 1. The van der Waals surface area contributed by atoms with Gasteiger partial charge in [0, 0.05) is 11.3 Å². The third kappa shape index (κ3) is 3.16. The Labute approximate surface area is 84.1 Å². The molecule has 0 atom stereocenters. The van der Waals surface area contributed by atoms with Gasteiger partial charge in [0.2, 0.25) is 0 Å². The Morgan fingerprint density at radius 3 is 2.47 bits per heavy atom. The van der Waals surface area contributed by atoms with E-state index < -0.39 is 12.2 Å². The van der Waals surface area contributed by atoms with E-state index in [1.807, 2.05) is 0 Å². The number of anilines is 1. The van der Waals surface area contributed by atoms with Crippen LogP contribution in [0.1, 0.15) is 15.9 Å². The van der Waals surface area contributed by atoms with Gasteiger partial charge in [-0.1, -0.05) is 6.07 Å². The smallest absolute Gasteiger partial charge is 0.398 e. The molecule has 15 heavy (non-hydrogen) atoms. The Balaban J connectivity index is 2.88. The Kier molecular flexibility index (Phi) is 2.88. The molecule has 0 aromatic heterocycles. The minimum Gasteiger partial charge on any atom is -0.398 e. The predicted octanol–water partition coefficient (Wildman–Crippen LogP) is 1.83. The molecule has 0 aliphatic rings. The number of halogens is 3. The van der Waals surface area contributed by atoms with Crippen LogP contribution in [-0.2, 0) is 0 Å². The first-order valence-corrected chi connectivity index (χ1v) is 4.05. The minimum atomic E-state index is -4.73. The van der Waals surface area contributed by atoms with Crippen LogP contribution in [0.4, 0.5) is 18.9 Å². The zero-order valence-electron chi connectivity index (χ0n) is 7.85. The summed E-state index contributed by atoms with van der Waals surface area (Å²) < 4.78 is 35.4. The maximum absolute atomic E-state index is 11.8. The van der Waals surface area contributed by atoms with Crippen molar-refractivity contribution in [2.45, 2.75) is 13.2 Å². The summed E-state index contributed by atoms with van der Waals surface area (Å²) in [5, 5.41) is 0.888. The van der Waals surface area contributed by atoms with Crippen LogP contribution in [-0.4, -0.2) is 12.2 Å². The van der Waals surface area contributed by atoms with E-state index in [-0.39, 0.29) is 11.3 Å². The molecule has 3 nitrogen and oxygen atoms in total. The summed E-state index contributed by atoms with van der Waals surface area (Å²) in [4.78, 5) is 11.0. The summed E-state index contributed by atoms with van der Waals surface area (Å²) in [7, 11) is 0. The zero-order chi connectivity index (χ0) is 11.6. The van der Waals surface area contributed by atoms with Crippen LogP contribution >= 0.6 is 0 Å². The summed E-state index contributed by atoms with van der Waals surface area (Å²) >= 11 is 0. The fraction of sp³-hybridized carbons (Fsp3) is 0.222. The van der Waals surface area contributed by atoms with E-state index in [9.17, 15) is 18.0 Å². The van der Waals surface area contributed by atoms with E-state index >= 15 is 0 Å². The zero-order valence-corrected chi connectivity index (χ0v) is 7.85. The highest BCUT2D eigenvalue weighted by Gasteiger charge is 2.30. The van der Waals surface area contributed by atoms with Gasteiger partial charge in [-0.2, -0.15) is 13.2 Å². The summed E-state index contributed by atoms with van der Waals surface area (Å²) in [6, 6.07) is 3.98. The molecule has 1 aromatic carbocycles. The summed E-state index contributed by atoms with van der Waals surface area (Å²) in [5.41, 5.74) is 6.33. The molecular weight excluding hydrogens is 209 g/mol. The van der Waals surface area contributed by atoms with Crippen LogP contribution in [0.3, 0.4) is 0 Å². The van der Waals surface area contributed by atoms with Crippen LogP contribution in [0.2, 0.25) is 0 Å². The molecule has 1 aromatic rings. The molecule has 6 heteroatoms. The van der Waals surface area contributed by atoms with Crippen LogP contribution in [0, 0.1) is 6.92 Å². The number of nitrogens with two attached hydrogens (primary N) is 1. The van der Waals surface area contributed by atoms with Gasteiger partial charge in [0.1, 0.15) is 0 Å². The summed E-state index contributed by atoms with van der Waals surface area (Å²) in [6.45, 7) is 1.70.